The molecule has 1 aromatic carbocycles. The SMILES string of the molecule is O=C(NC1CCCCCCCCCCC1)c1cccc(Cl)c1. The Hall–Kier alpha value is -1.02. The van der Waals surface area contributed by atoms with Crippen LogP contribution in [0.25, 0.3) is 0 Å². The Bertz CT molecular complexity index is 449. The Morgan fingerprint density at radius 3 is 2.00 bits per heavy atom. The Balaban J connectivity index is 1.87. The highest BCUT2D eigenvalue weighted by Gasteiger charge is 2.14. The summed E-state index contributed by atoms with van der Waals surface area (Å²) >= 11 is 5.97. The minimum atomic E-state index is 0.0135. The van der Waals surface area contributed by atoms with Crippen molar-refractivity contribution in [3.63, 3.8) is 0 Å². The molecule has 2 rings (SSSR count). The van der Waals surface area contributed by atoms with Crippen molar-refractivity contribution in [3.8, 4) is 0 Å². The van der Waals surface area contributed by atoms with Crippen LogP contribution in [-0.4, -0.2) is 11.9 Å². The van der Waals surface area contributed by atoms with Crippen LogP contribution in [0.4, 0.5) is 0 Å². The van der Waals surface area contributed by atoms with Gasteiger partial charge in [0.25, 0.3) is 5.91 Å². The molecular weight excluding hydrogens is 294 g/mol. The molecule has 0 aromatic heterocycles. The molecule has 0 heterocycles. The quantitative estimate of drug-likeness (QED) is 0.739. The van der Waals surface area contributed by atoms with Gasteiger partial charge in [-0.25, -0.2) is 0 Å². The highest BCUT2D eigenvalue weighted by atomic mass is 35.5. The molecule has 1 aliphatic rings. The van der Waals surface area contributed by atoms with Gasteiger partial charge in [-0.3, -0.25) is 4.79 Å². The molecule has 1 N–H and O–H groups in total. The van der Waals surface area contributed by atoms with Gasteiger partial charge >= 0.3 is 0 Å². The van der Waals surface area contributed by atoms with E-state index in [-0.39, 0.29) is 5.91 Å². The van der Waals surface area contributed by atoms with Crippen LogP contribution in [0.2, 0.25) is 5.02 Å². The first-order chi connectivity index (χ1) is 10.8. The van der Waals surface area contributed by atoms with E-state index in [2.05, 4.69) is 5.32 Å². The van der Waals surface area contributed by atoms with Gasteiger partial charge in [-0.1, -0.05) is 75.5 Å². The van der Waals surface area contributed by atoms with Crippen molar-refractivity contribution in [3.05, 3.63) is 34.9 Å². The smallest absolute Gasteiger partial charge is 0.251 e. The van der Waals surface area contributed by atoms with E-state index in [1.807, 2.05) is 12.1 Å². The van der Waals surface area contributed by atoms with Gasteiger partial charge in [0.1, 0.15) is 0 Å². The van der Waals surface area contributed by atoms with Crippen LogP contribution >= 0.6 is 11.6 Å². The number of hydrogen-bond acceptors (Lipinski definition) is 1. The Morgan fingerprint density at radius 2 is 1.45 bits per heavy atom. The summed E-state index contributed by atoms with van der Waals surface area (Å²) in [7, 11) is 0. The van der Waals surface area contributed by atoms with Crippen molar-refractivity contribution < 1.29 is 4.79 Å². The summed E-state index contributed by atoms with van der Waals surface area (Å²) in [5, 5.41) is 3.83. The predicted molar refractivity (Wildman–Crippen MR) is 93.5 cm³/mol. The lowest BCUT2D eigenvalue weighted by atomic mass is 9.97. The first-order valence-corrected chi connectivity index (χ1v) is 9.20. The standard InChI is InChI=1S/C19H28ClNO/c20-17-12-10-11-16(15-17)19(22)21-18-13-8-6-4-2-1-3-5-7-9-14-18/h10-12,15,18H,1-9,13-14H2,(H,21,22). The fraction of sp³-hybridized carbons (Fsp3) is 0.632. The van der Waals surface area contributed by atoms with Crippen LogP contribution in [0.1, 0.15) is 81.0 Å². The minimum absolute atomic E-state index is 0.0135. The summed E-state index contributed by atoms with van der Waals surface area (Å²) < 4.78 is 0. The van der Waals surface area contributed by atoms with Crippen LogP contribution in [0.5, 0.6) is 0 Å². The predicted octanol–water partition coefficient (Wildman–Crippen LogP) is 5.74. The second-order valence-electron chi connectivity index (χ2n) is 6.44. The molecule has 2 nitrogen and oxygen atoms in total. The fourth-order valence-corrected chi connectivity index (χ4v) is 3.40. The maximum absolute atomic E-state index is 12.4. The van der Waals surface area contributed by atoms with E-state index in [0.29, 0.717) is 16.6 Å². The average Bonchev–Trinajstić information content (AvgIpc) is 2.50. The summed E-state index contributed by atoms with van der Waals surface area (Å²) in [6.07, 6.45) is 14.1. The van der Waals surface area contributed by atoms with Gasteiger partial charge in [0.2, 0.25) is 0 Å². The molecule has 122 valence electrons. The van der Waals surface area contributed by atoms with E-state index in [9.17, 15) is 4.79 Å². The number of amides is 1. The van der Waals surface area contributed by atoms with Crippen molar-refractivity contribution in [1.82, 2.24) is 5.32 Å². The molecule has 1 amide bonds. The average molecular weight is 322 g/mol. The van der Waals surface area contributed by atoms with Gasteiger partial charge < -0.3 is 5.32 Å². The zero-order valence-corrected chi connectivity index (χ0v) is 14.2. The molecule has 0 bridgehead atoms. The molecule has 22 heavy (non-hydrogen) atoms. The summed E-state index contributed by atoms with van der Waals surface area (Å²) in [6, 6.07) is 7.51. The first-order valence-electron chi connectivity index (χ1n) is 8.82. The second kappa shape index (κ2) is 9.89. The van der Waals surface area contributed by atoms with Crippen LogP contribution in [0.15, 0.2) is 24.3 Å². The number of carbonyl (C=O) groups is 1. The molecule has 3 heteroatoms. The second-order valence-corrected chi connectivity index (χ2v) is 6.88. The van der Waals surface area contributed by atoms with E-state index >= 15 is 0 Å². The van der Waals surface area contributed by atoms with Crippen LogP contribution in [-0.2, 0) is 0 Å². The van der Waals surface area contributed by atoms with Crippen LogP contribution < -0.4 is 5.32 Å². The molecule has 0 unspecified atom stereocenters. The Kier molecular flexibility index (Phi) is 7.79. The van der Waals surface area contributed by atoms with Gasteiger partial charge in [0.15, 0.2) is 0 Å². The van der Waals surface area contributed by atoms with Crippen molar-refractivity contribution >= 4 is 17.5 Å². The third-order valence-electron chi connectivity index (χ3n) is 4.53. The lowest BCUT2D eigenvalue weighted by molar-refractivity contribution is 0.0931. The maximum Gasteiger partial charge on any atom is 0.251 e. The van der Waals surface area contributed by atoms with E-state index in [4.69, 9.17) is 11.6 Å². The van der Waals surface area contributed by atoms with Crippen LogP contribution in [0.3, 0.4) is 0 Å². The van der Waals surface area contributed by atoms with E-state index in [0.717, 1.165) is 12.8 Å². The summed E-state index contributed by atoms with van der Waals surface area (Å²) in [6.45, 7) is 0. The monoisotopic (exact) mass is 321 g/mol. The number of rotatable bonds is 2. The highest BCUT2D eigenvalue weighted by Crippen LogP contribution is 2.18. The molecule has 1 saturated carbocycles. The minimum Gasteiger partial charge on any atom is -0.349 e. The molecule has 0 saturated heterocycles. The number of hydrogen-bond donors (Lipinski definition) is 1. The molecule has 0 radical (unpaired) electrons. The Morgan fingerprint density at radius 1 is 0.909 bits per heavy atom. The van der Waals surface area contributed by atoms with Gasteiger partial charge in [0, 0.05) is 16.6 Å². The van der Waals surface area contributed by atoms with E-state index < -0.39 is 0 Å². The lowest BCUT2D eigenvalue weighted by Crippen LogP contribution is -2.34. The number of carbonyl (C=O) groups excluding carboxylic acids is 1. The van der Waals surface area contributed by atoms with Gasteiger partial charge in [-0.05, 0) is 31.0 Å². The third-order valence-corrected chi connectivity index (χ3v) is 4.76. The van der Waals surface area contributed by atoms with Crippen LogP contribution in [0, 0.1) is 0 Å². The zero-order valence-electron chi connectivity index (χ0n) is 13.5. The van der Waals surface area contributed by atoms with Crippen molar-refractivity contribution in [2.75, 3.05) is 0 Å². The van der Waals surface area contributed by atoms with Crippen molar-refractivity contribution in [2.45, 2.75) is 76.7 Å². The fourth-order valence-electron chi connectivity index (χ4n) is 3.21. The topological polar surface area (TPSA) is 29.1 Å². The number of benzene rings is 1. The van der Waals surface area contributed by atoms with E-state index in [1.165, 1.54) is 57.8 Å². The van der Waals surface area contributed by atoms with Crippen molar-refractivity contribution in [1.29, 1.82) is 0 Å². The van der Waals surface area contributed by atoms with Crippen molar-refractivity contribution in [2.24, 2.45) is 0 Å². The first kappa shape index (κ1) is 17.3. The van der Waals surface area contributed by atoms with Gasteiger partial charge in [-0.15, -0.1) is 0 Å². The zero-order chi connectivity index (χ0) is 15.6. The lowest BCUT2D eigenvalue weighted by Gasteiger charge is -2.19. The number of nitrogens with one attached hydrogen (secondary N) is 1. The Labute approximate surface area is 139 Å². The number of halogens is 1. The summed E-state index contributed by atoms with van der Waals surface area (Å²) in [4.78, 5) is 12.4. The molecule has 0 atom stereocenters. The molecule has 0 aliphatic heterocycles. The highest BCUT2D eigenvalue weighted by molar-refractivity contribution is 6.30. The maximum atomic E-state index is 12.4. The normalized spacial score (nSPS) is 19.0. The molecular formula is C19H28ClNO. The summed E-state index contributed by atoms with van der Waals surface area (Å²) in [5.74, 6) is 0.0135. The van der Waals surface area contributed by atoms with Gasteiger partial charge in [-0.2, -0.15) is 0 Å². The molecule has 0 spiro atoms. The summed E-state index contributed by atoms with van der Waals surface area (Å²) in [5.41, 5.74) is 0.665. The third kappa shape index (κ3) is 6.39. The van der Waals surface area contributed by atoms with Gasteiger partial charge in [0.05, 0.1) is 0 Å². The molecule has 1 fully saturated rings. The van der Waals surface area contributed by atoms with E-state index in [1.54, 1.807) is 12.1 Å². The molecule has 1 aliphatic carbocycles. The largest absolute Gasteiger partial charge is 0.349 e. The molecule has 1 aromatic rings.